The van der Waals surface area contributed by atoms with E-state index < -0.39 is 6.04 Å². The van der Waals surface area contributed by atoms with Gasteiger partial charge >= 0.3 is 0 Å². The lowest BCUT2D eigenvalue weighted by atomic mass is 9.94. The number of amides is 1. The largest absolute Gasteiger partial charge is 0.492 e. The normalized spacial score (nSPS) is 14.8. The number of fused-ring (bicyclic) bond motifs is 1. The number of aryl methyl sites for hydroxylation is 1. The van der Waals surface area contributed by atoms with Crippen LogP contribution in [-0.4, -0.2) is 40.1 Å². The summed E-state index contributed by atoms with van der Waals surface area (Å²) in [5.41, 5.74) is 3.86. The van der Waals surface area contributed by atoms with E-state index >= 15 is 0 Å². The van der Waals surface area contributed by atoms with Gasteiger partial charge in [0.2, 0.25) is 11.1 Å². The Balaban J connectivity index is 1.84. The summed E-state index contributed by atoms with van der Waals surface area (Å²) in [6.45, 7) is 8.39. The first kappa shape index (κ1) is 26.1. The van der Waals surface area contributed by atoms with Crippen LogP contribution in [0.25, 0.3) is 0 Å². The lowest BCUT2D eigenvalue weighted by Crippen LogP contribution is -2.31. The molecule has 0 saturated carbocycles. The average molecular weight is 573 g/mol. The molecule has 36 heavy (non-hydrogen) atoms. The van der Waals surface area contributed by atoms with Crippen LogP contribution in [0.4, 0.5) is 11.6 Å². The summed E-state index contributed by atoms with van der Waals surface area (Å²) in [5.74, 6) is 2.46. The minimum atomic E-state index is -0.532. The Labute approximate surface area is 224 Å². The first-order chi connectivity index (χ1) is 17.4. The number of halogens is 1. The van der Waals surface area contributed by atoms with Crippen LogP contribution >= 0.6 is 27.7 Å². The van der Waals surface area contributed by atoms with E-state index in [0.717, 1.165) is 33.5 Å². The molecule has 0 aliphatic carbocycles. The molecule has 2 heterocycles. The van der Waals surface area contributed by atoms with Crippen molar-refractivity contribution >= 4 is 45.2 Å². The van der Waals surface area contributed by atoms with Crippen LogP contribution in [-0.2, 0) is 4.79 Å². The maximum absolute atomic E-state index is 13.7. The molecule has 2 aromatic carbocycles. The fraction of sp³-hybridized carbons (Fsp3) is 0.346. The Morgan fingerprint density at radius 2 is 2.06 bits per heavy atom. The topological polar surface area (TPSA) is 90.3 Å². The zero-order valence-corrected chi connectivity index (χ0v) is 23.4. The van der Waals surface area contributed by atoms with Crippen molar-refractivity contribution in [1.29, 1.82) is 0 Å². The van der Waals surface area contributed by atoms with Crippen molar-refractivity contribution in [1.82, 2.24) is 14.8 Å². The molecule has 1 atom stereocenters. The van der Waals surface area contributed by atoms with E-state index in [1.165, 1.54) is 0 Å². The van der Waals surface area contributed by atoms with Crippen LogP contribution < -0.4 is 20.1 Å². The SMILES string of the molecule is CCCSc1nc2n(n1)C(c1cc(Br)c(OC)c(OCC)c1)C(C(=O)Nc1cccc(C)c1)=C(C)N2. The second kappa shape index (κ2) is 11.4. The Morgan fingerprint density at radius 1 is 1.25 bits per heavy atom. The summed E-state index contributed by atoms with van der Waals surface area (Å²) in [4.78, 5) is 18.4. The average Bonchev–Trinajstić information content (AvgIpc) is 3.24. The quantitative estimate of drug-likeness (QED) is 0.296. The van der Waals surface area contributed by atoms with Gasteiger partial charge in [-0.05, 0) is 78.5 Å². The standard InChI is InChI=1S/C26H30BrN5O3S/c1-6-11-36-26-30-25-28-16(4)21(24(33)29-18-10-8-9-15(3)12-18)22(32(25)31-26)17-13-19(27)23(34-5)20(14-17)35-7-2/h8-10,12-14,22H,6-7,11H2,1-5H3,(H,29,33)(H,28,30,31). The fourth-order valence-corrected chi connectivity index (χ4v) is 5.42. The minimum Gasteiger partial charge on any atom is -0.492 e. The number of allylic oxidation sites excluding steroid dienone is 1. The number of rotatable bonds is 9. The van der Waals surface area contributed by atoms with E-state index in [1.54, 1.807) is 23.6 Å². The van der Waals surface area contributed by atoms with Crippen molar-refractivity contribution in [3.05, 3.63) is 63.3 Å². The summed E-state index contributed by atoms with van der Waals surface area (Å²) < 4.78 is 13.9. The number of carbonyl (C=O) groups is 1. The molecule has 4 rings (SSSR count). The summed E-state index contributed by atoms with van der Waals surface area (Å²) in [6, 6.07) is 11.0. The third kappa shape index (κ3) is 5.39. The van der Waals surface area contributed by atoms with Crippen LogP contribution in [0.1, 0.15) is 44.4 Å². The summed E-state index contributed by atoms with van der Waals surface area (Å²) in [7, 11) is 1.60. The number of methoxy groups -OCH3 is 1. The third-order valence-electron chi connectivity index (χ3n) is 5.64. The predicted molar refractivity (Wildman–Crippen MR) is 147 cm³/mol. The lowest BCUT2D eigenvalue weighted by Gasteiger charge is -2.29. The minimum absolute atomic E-state index is 0.218. The van der Waals surface area contributed by atoms with E-state index in [0.29, 0.717) is 40.5 Å². The number of anilines is 2. The number of carbonyl (C=O) groups excluding carboxylic acids is 1. The number of thioether (sulfide) groups is 1. The zero-order chi connectivity index (χ0) is 25.8. The molecule has 1 unspecified atom stereocenters. The first-order valence-electron chi connectivity index (χ1n) is 11.8. The molecule has 10 heteroatoms. The highest BCUT2D eigenvalue weighted by Gasteiger charge is 2.35. The molecule has 1 aromatic heterocycles. The molecule has 0 radical (unpaired) electrons. The highest BCUT2D eigenvalue weighted by atomic mass is 79.9. The Kier molecular flexibility index (Phi) is 8.25. The van der Waals surface area contributed by atoms with E-state index in [1.807, 2.05) is 57.2 Å². The van der Waals surface area contributed by atoms with Crippen molar-refractivity contribution in [2.45, 2.75) is 45.3 Å². The van der Waals surface area contributed by atoms with Crippen molar-refractivity contribution in [2.24, 2.45) is 0 Å². The molecule has 8 nitrogen and oxygen atoms in total. The Hall–Kier alpha value is -2.98. The molecule has 0 fully saturated rings. The van der Waals surface area contributed by atoms with E-state index in [4.69, 9.17) is 14.6 Å². The van der Waals surface area contributed by atoms with Gasteiger partial charge in [-0.3, -0.25) is 4.79 Å². The molecule has 0 spiro atoms. The van der Waals surface area contributed by atoms with Crippen LogP contribution in [0.2, 0.25) is 0 Å². The van der Waals surface area contributed by atoms with Gasteiger partial charge in [0.05, 0.1) is 23.8 Å². The van der Waals surface area contributed by atoms with Gasteiger partial charge in [0.25, 0.3) is 5.91 Å². The molecule has 0 saturated heterocycles. The van der Waals surface area contributed by atoms with Crippen molar-refractivity contribution < 1.29 is 14.3 Å². The molecule has 1 aliphatic rings. The number of benzene rings is 2. The van der Waals surface area contributed by atoms with Gasteiger partial charge < -0.3 is 20.1 Å². The number of aromatic nitrogens is 3. The van der Waals surface area contributed by atoms with Gasteiger partial charge in [0.1, 0.15) is 6.04 Å². The highest BCUT2D eigenvalue weighted by Crippen LogP contribution is 2.43. The second-order valence-electron chi connectivity index (χ2n) is 8.37. The van der Waals surface area contributed by atoms with Crippen LogP contribution in [0.3, 0.4) is 0 Å². The van der Waals surface area contributed by atoms with Crippen molar-refractivity contribution in [3.63, 3.8) is 0 Å². The molecule has 190 valence electrons. The lowest BCUT2D eigenvalue weighted by molar-refractivity contribution is -0.113. The van der Waals surface area contributed by atoms with Gasteiger partial charge in [-0.1, -0.05) is 30.8 Å². The van der Waals surface area contributed by atoms with Gasteiger partial charge in [-0.15, -0.1) is 5.10 Å². The van der Waals surface area contributed by atoms with Crippen molar-refractivity contribution in [2.75, 3.05) is 30.1 Å². The van der Waals surface area contributed by atoms with Gasteiger partial charge in [-0.25, -0.2) is 4.68 Å². The van der Waals surface area contributed by atoms with E-state index in [2.05, 4.69) is 38.5 Å². The number of nitrogens with one attached hydrogen (secondary N) is 2. The molecular formula is C26H30BrN5O3S. The predicted octanol–water partition coefficient (Wildman–Crippen LogP) is 6.19. The second-order valence-corrected chi connectivity index (χ2v) is 10.3. The number of hydrogen-bond donors (Lipinski definition) is 2. The molecule has 2 N–H and O–H groups in total. The number of hydrogen-bond acceptors (Lipinski definition) is 7. The molecular weight excluding hydrogens is 542 g/mol. The van der Waals surface area contributed by atoms with E-state index in [9.17, 15) is 4.79 Å². The van der Waals surface area contributed by atoms with Crippen molar-refractivity contribution in [3.8, 4) is 11.5 Å². The summed E-state index contributed by atoms with van der Waals surface area (Å²) in [6.07, 6.45) is 1.01. The van der Waals surface area contributed by atoms with Gasteiger partial charge in [0.15, 0.2) is 11.5 Å². The van der Waals surface area contributed by atoms with Gasteiger partial charge in [0, 0.05) is 17.1 Å². The van der Waals surface area contributed by atoms with Gasteiger partial charge in [-0.2, -0.15) is 4.98 Å². The molecule has 1 amide bonds. The molecule has 1 aliphatic heterocycles. The van der Waals surface area contributed by atoms with Crippen LogP contribution in [0.5, 0.6) is 11.5 Å². The van der Waals surface area contributed by atoms with Crippen LogP contribution in [0, 0.1) is 6.92 Å². The first-order valence-corrected chi connectivity index (χ1v) is 13.6. The third-order valence-corrected chi connectivity index (χ3v) is 7.27. The maximum atomic E-state index is 13.7. The van der Waals surface area contributed by atoms with E-state index in [-0.39, 0.29) is 5.91 Å². The van der Waals surface area contributed by atoms with Crippen LogP contribution in [0.15, 0.2) is 57.3 Å². The smallest absolute Gasteiger partial charge is 0.255 e. The maximum Gasteiger partial charge on any atom is 0.255 e. The number of nitrogens with zero attached hydrogens (tertiary/aromatic N) is 3. The summed E-state index contributed by atoms with van der Waals surface area (Å²) >= 11 is 5.21. The fourth-order valence-electron chi connectivity index (χ4n) is 4.12. The Bertz CT molecular complexity index is 1310. The zero-order valence-electron chi connectivity index (χ0n) is 21.0. The monoisotopic (exact) mass is 571 g/mol. The Morgan fingerprint density at radius 3 is 2.75 bits per heavy atom. The molecule has 0 bridgehead atoms. The summed E-state index contributed by atoms with van der Waals surface area (Å²) in [5, 5.41) is 11.8. The molecule has 3 aromatic rings. The highest BCUT2D eigenvalue weighted by molar-refractivity contribution is 9.10. The number of ether oxygens (including phenoxy) is 2.